The van der Waals surface area contributed by atoms with Crippen molar-refractivity contribution in [2.75, 3.05) is 12.4 Å². The normalized spacial score (nSPS) is 10.2. The van der Waals surface area contributed by atoms with Crippen LogP contribution in [0.1, 0.15) is 21.9 Å². The second-order valence-corrected chi connectivity index (χ2v) is 4.65. The number of furan rings is 1. The minimum absolute atomic E-state index is 0.0492. The van der Waals surface area contributed by atoms with Gasteiger partial charge in [0.2, 0.25) is 0 Å². The van der Waals surface area contributed by atoms with Gasteiger partial charge in [0, 0.05) is 7.05 Å². The predicted octanol–water partition coefficient (Wildman–Crippen LogP) is 2.95. The summed E-state index contributed by atoms with van der Waals surface area (Å²) in [6, 6.07) is 9.47. The summed E-state index contributed by atoms with van der Waals surface area (Å²) in [6.45, 7) is 2.13. The van der Waals surface area contributed by atoms with Crippen molar-refractivity contribution in [1.29, 1.82) is 0 Å². The number of aromatic carboxylic acids is 1. The molecule has 1 heterocycles. The molecule has 0 atom stereocenters. The third-order valence-corrected chi connectivity index (χ3v) is 2.93. The molecule has 6 nitrogen and oxygen atoms in total. The van der Waals surface area contributed by atoms with Gasteiger partial charge < -0.3 is 19.7 Å². The van der Waals surface area contributed by atoms with Gasteiger partial charge in [0.25, 0.3) is 0 Å². The molecule has 6 heteroatoms. The van der Waals surface area contributed by atoms with Crippen molar-refractivity contribution in [2.24, 2.45) is 0 Å². The smallest absolute Gasteiger partial charge is 0.337 e. The van der Waals surface area contributed by atoms with Crippen molar-refractivity contribution < 1.29 is 19.1 Å². The fraction of sp³-hybridized carbons (Fsp3) is 0.200. The third-order valence-electron chi connectivity index (χ3n) is 2.93. The molecule has 0 aliphatic heterocycles. The number of amides is 2. The number of hydrogen-bond acceptors (Lipinski definition) is 3. The van der Waals surface area contributed by atoms with Gasteiger partial charge in [0.05, 0.1) is 17.8 Å². The van der Waals surface area contributed by atoms with E-state index in [9.17, 15) is 9.59 Å². The molecule has 0 fully saturated rings. The molecule has 110 valence electrons. The number of carbonyl (C=O) groups is 2. The molecule has 0 aliphatic carbocycles. The molecule has 0 unspecified atom stereocenters. The molecule has 21 heavy (non-hydrogen) atoms. The van der Waals surface area contributed by atoms with Crippen LogP contribution in [0.5, 0.6) is 0 Å². The summed E-state index contributed by atoms with van der Waals surface area (Å²) in [6.07, 6.45) is 0. The Kier molecular flexibility index (Phi) is 4.27. The highest BCUT2D eigenvalue weighted by Gasteiger charge is 2.15. The largest absolute Gasteiger partial charge is 0.478 e. The van der Waals surface area contributed by atoms with E-state index in [-0.39, 0.29) is 11.3 Å². The molecule has 1 aromatic heterocycles. The van der Waals surface area contributed by atoms with E-state index in [1.165, 1.54) is 11.0 Å². The lowest BCUT2D eigenvalue weighted by Crippen LogP contribution is -2.31. The highest BCUT2D eigenvalue weighted by Crippen LogP contribution is 2.16. The number of aryl methyl sites for hydroxylation is 1. The molecule has 0 radical (unpaired) electrons. The van der Waals surface area contributed by atoms with Crippen LogP contribution in [0.4, 0.5) is 10.5 Å². The third kappa shape index (κ3) is 3.62. The van der Waals surface area contributed by atoms with E-state index in [2.05, 4.69) is 5.32 Å². The zero-order chi connectivity index (χ0) is 15.4. The molecular formula is C15H16N2O4. The van der Waals surface area contributed by atoms with Crippen molar-refractivity contribution in [3.63, 3.8) is 0 Å². The Balaban J connectivity index is 2.05. The van der Waals surface area contributed by atoms with E-state index in [4.69, 9.17) is 9.52 Å². The molecule has 2 rings (SSSR count). The maximum atomic E-state index is 12.1. The van der Waals surface area contributed by atoms with Crippen LogP contribution in [0.3, 0.4) is 0 Å². The van der Waals surface area contributed by atoms with Gasteiger partial charge in [-0.25, -0.2) is 9.59 Å². The summed E-state index contributed by atoms with van der Waals surface area (Å²) in [5, 5.41) is 11.7. The number of nitrogens with zero attached hydrogens (tertiary/aromatic N) is 1. The van der Waals surface area contributed by atoms with Gasteiger partial charge in [-0.1, -0.05) is 12.1 Å². The number of urea groups is 1. The lowest BCUT2D eigenvalue weighted by molar-refractivity contribution is 0.0698. The summed E-state index contributed by atoms with van der Waals surface area (Å²) in [5.41, 5.74) is 0.311. The quantitative estimate of drug-likeness (QED) is 0.906. The molecule has 0 spiro atoms. The molecule has 2 amide bonds. The van der Waals surface area contributed by atoms with E-state index >= 15 is 0 Å². The van der Waals surface area contributed by atoms with Crippen LogP contribution in [-0.2, 0) is 6.54 Å². The van der Waals surface area contributed by atoms with Crippen LogP contribution < -0.4 is 5.32 Å². The van der Waals surface area contributed by atoms with Crippen LogP contribution in [0.2, 0.25) is 0 Å². The SMILES string of the molecule is Cc1ccc(CN(C)C(=O)Nc2ccccc2C(=O)O)o1. The van der Waals surface area contributed by atoms with Crippen LogP contribution in [0, 0.1) is 6.92 Å². The molecule has 2 N–H and O–H groups in total. The predicted molar refractivity (Wildman–Crippen MR) is 77.3 cm³/mol. The van der Waals surface area contributed by atoms with Crippen LogP contribution >= 0.6 is 0 Å². The minimum atomic E-state index is -1.09. The Morgan fingerprint density at radius 3 is 2.57 bits per heavy atom. The van der Waals surface area contributed by atoms with Crippen molar-refractivity contribution >= 4 is 17.7 Å². The Hall–Kier alpha value is -2.76. The van der Waals surface area contributed by atoms with E-state index < -0.39 is 12.0 Å². The van der Waals surface area contributed by atoms with E-state index in [0.29, 0.717) is 12.3 Å². The number of carbonyl (C=O) groups excluding carboxylic acids is 1. The fourth-order valence-corrected chi connectivity index (χ4v) is 1.86. The van der Waals surface area contributed by atoms with Crippen molar-refractivity contribution in [1.82, 2.24) is 4.90 Å². The molecule has 1 aromatic carbocycles. The highest BCUT2D eigenvalue weighted by molar-refractivity contribution is 5.99. The monoisotopic (exact) mass is 288 g/mol. The first-order chi connectivity index (χ1) is 9.97. The first-order valence-electron chi connectivity index (χ1n) is 6.37. The number of rotatable bonds is 4. The molecule has 0 saturated carbocycles. The maximum Gasteiger partial charge on any atom is 0.337 e. The van der Waals surface area contributed by atoms with Crippen molar-refractivity contribution in [3.05, 3.63) is 53.5 Å². The first kappa shape index (κ1) is 14.6. The van der Waals surface area contributed by atoms with Crippen LogP contribution in [-0.4, -0.2) is 29.1 Å². The second kappa shape index (κ2) is 6.13. The van der Waals surface area contributed by atoms with Gasteiger partial charge in [-0.2, -0.15) is 0 Å². The lowest BCUT2D eigenvalue weighted by Gasteiger charge is -2.17. The molecule has 0 bridgehead atoms. The van der Waals surface area contributed by atoms with Crippen molar-refractivity contribution in [2.45, 2.75) is 13.5 Å². The van der Waals surface area contributed by atoms with E-state index in [1.807, 2.05) is 13.0 Å². The second-order valence-electron chi connectivity index (χ2n) is 4.65. The number of anilines is 1. The van der Waals surface area contributed by atoms with Crippen molar-refractivity contribution in [3.8, 4) is 0 Å². The number of carboxylic acid groups (broad SMARTS) is 1. The molecule has 0 saturated heterocycles. The van der Waals surface area contributed by atoms with Gasteiger partial charge in [0.1, 0.15) is 11.5 Å². The average molecular weight is 288 g/mol. The number of hydrogen-bond donors (Lipinski definition) is 2. The molecular weight excluding hydrogens is 272 g/mol. The number of para-hydroxylation sites is 1. The van der Waals surface area contributed by atoms with E-state index in [1.54, 1.807) is 31.3 Å². The van der Waals surface area contributed by atoms with Gasteiger partial charge >= 0.3 is 12.0 Å². The number of nitrogens with one attached hydrogen (secondary N) is 1. The Morgan fingerprint density at radius 1 is 1.24 bits per heavy atom. The standard InChI is InChI=1S/C15H16N2O4/c1-10-7-8-11(21-10)9-17(2)15(20)16-13-6-4-3-5-12(13)14(18)19/h3-8H,9H2,1-2H3,(H,16,20)(H,18,19). The highest BCUT2D eigenvalue weighted by atomic mass is 16.4. The summed E-state index contributed by atoms with van der Waals surface area (Å²) >= 11 is 0. The van der Waals surface area contributed by atoms with Gasteiger partial charge in [-0.3, -0.25) is 0 Å². The van der Waals surface area contributed by atoms with Crippen LogP contribution in [0.25, 0.3) is 0 Å². The zero-order valence-corrected chi connectivity index (χ0v) is 11.8. The maximum absolute atomic E-state index is 12.1. The fourth-order valence-electron chi connectivity index (χ4n) is 1.86. The van der Waals surface area contributed by atoms with Gasteiger partial charge in [0.15, 0.2) is 0 Å². The summed E-state index contributed by atoms with van der Waals surface area (Å²) in [5.74, 6) is 0.349. The summed E-state index contributed by atoms with van der Waals surface area (Å²) < 4.78 is 5.40. The summed E-state index contributed by atoms with van der Waals surface area (Å²) in [4.78, 5) is 24.6. The average Bonchev–Trinajstić information content (AvgIpc) is 2.84. The Labute approximate surface area is 122 Å². The van der Waals surface area contributed by atoms with Gasteiger partial charge in [-0.15, -0.1) is 0 Å². The zero-order valence-electron chi connectivity index (χ0n) is 11.8. The lowest BCUT2D eigenvalue weighted by atomic mass is 10.2. The summed E-state index contributed by atoms with van der Waals surface area (Å²) in [7, 11) is 1.61. The van der Waals surface area contributed by atoms with E-state index in [0.717, 1.165) is 5.76 Å². The minimum Gasteiger partial charge on any atom is -0.478 e. The van der Waals surface area contributed by atoms with Gasteiger partial charge in [-0.05, 0) is 31.2 Å². The molecule has 2 aromatic rings. The number of benzene rings is 1. The topological polar surface area (TPSA) is 82.8 Å². The van der Waals surface area contributed by atoms with Crippen LogP contribution in [0.15, 0.2) is 40.8 Å². The number of carboxylic acids is 1. The first-order valence-corrected chi connectivity index (χ1v) is 6.37. The Bertz CT molecular complexity index is 663. The molecule has 0 aliphatic rings. The Morgan fingerprint density at radius 2 is 1.95 bits per heavy atom.